The highest BCUT2D eigenvalue weighted by Crippen LogP contribution is 2.24. The molecule has 0 radical (unpaired) electrons. The van der Waals surface area contributed by atoms with Crippen molar-refractivity contribution in [2.75, 3.05) is 27.8 Å². The van der Waals surface area contributed by atoms with Crippen LogP contribution in [0.25, 0.3) is 0 Å². The summed E-state index contributed by atoms with van der Waals surface area (Å²) in [5, 5.41) is 4.02. The van der Waals surface area contributed by atoms with Crippen molar-refractivity contribution in [1.82, 2.24) is 10.2 Å². The lowest BCUT2D eigenvalue weighted by Gasteiger charge is -2.22. The third kappa shape index (κ3) is 5.90. The fourth-order valence-corrected chi connectivity index (χ4v) is 3.01. The van der Waals surface area contributed by atoms with Crippen LogP contribution in [0.1, 0.15) is 11.1 Å². The second-order valence-electron chi connectivity index (χ2n) is 5.64. The van der Waals surface area contributed by atoms with Gasteiger partial charge in [-0.1, -0.05) is 28.1 Å². The predicted molar refractivity (Wildman–Crippen MR) is 109 cm³/mol. The summed E-state index contributed by atoms with van der Waals surface area (Å²) in [5.41, 5.74) is 2.33. The number of ether oxygens (including phenoxy) is 2. The quantitative estimate of drug-likeness (QED) is 0.681. The molecule has 0 aliphatic carbocycles. The summed E-state index contributed by atoms with van der Waals surface area (Å²) >= 11 is 8.98. The van der Waals surface area contributed by atoms with Gasteiger partial charge >= 0.3 is 0 Å². The van der Waals surface area contributed by atoms with Crippen molar-refractivity contribution >= 4 is 33.3 Å². The Morgan fingerprint density at radius 2 is 1.84 bits per heavy atom. The predicted octanol–water partition coefficient (Wildman–Crippen LogP) is 4.02. The van der Waals surface area contributed by atoms with E-state index in [1.54, 1.807) is 14.2 Å². The first-order chi connectivity index (χ1) is 12.0. The van der Waals surface area contributed by atoms with Crippen LogP contribution in [0.4, 0.5) is 0 Å². The van der Waals surface area contributed by atoms with Crippen molar-refractivity contribution in [2.45, 2.75) is 13.0 Å². The van der Waals surface area contributed by atoms with Gasteiger partial charge < -0.3 is 19.7 Å². The van der Waals surface area contributed by atoms with Crippen molar-refractivity contribution in [3.63, 3.8) is 0 Å². The Kier molecular flexibility index (Phi) is 7.52. The minimum Gasteiger partial charge on any atom is -0.497 e. The van der Waals surface area contributed by atoms with Crippen LogP contribution in [0, 0.1) is 0 Å². The lowest BCUT2D eigenvalue weighted by Crippen LogP contribution is -2.37. The number of halogens is 1. The monoisotopic (exact) mass is 422 g/mol. The molecule has 25 heavy (non-hydrogen) atoms. The average Bonchev–Trinajstić information content (AvgIpc) is 2.62. The van der Waals surface area contributed by atoms with Crippen molar-refractivity contribution in [3.05, 3.63) is 58.1 Å². The molecule has 0 spiro atoms. The third-order valence-electron chi connectivity index (χ3n) is 3.85. The fraction of sp³-hybridized carbons (Fsp3) is 0.316. The summed E-state index contributed by atoms with van der Waals surface area (Å²) in [7, 11) is 5.33. The third-order valence-corrected chi connectivity index (χ3v) is 4.79. The maximum absolute atomic E-state index is 5.49. The van der Waals surface area contributed by atoms with E-state index in [0.717, 1.165) is 39.6 Å². The Hall–Kier alpha value is -1.79. The van der Waals surface area contributed by atoms with Gasteiger partial charge in [-0.3, -0.25) is 0 Å². The molecule has 0 aliphatic rings. The summed E-state index contributed by atoms with van der Waals surface area (Å²) in [6.07, 6.45) is 0.901. The summed E-state index contributed by atoms with van der Waals surface area (Å²) in [6.45, 7) is 1.46. The van der Waals surface area contributed by atoms with Gasteiger partial charge in [0.1, 0.15) is 11.5 Å². The molecule has 0 unspecified atom stereocenters. The number of nitrogens with zero attached hydrogens (tertiary/aromatic N) is 1. The van der Waals surface area contributed by atoms with Crippen LogP contribution in [0.3, 0.4) is 0 Å². The maximum Gasteiger partial charge on any atom is 0.168 e. The average molecular weight is 423 g/mol. The molecule has 6 heteroatoms. The molecule has 4 nitrogen and oxygen atoms in total. The topological polar surface area (TPSA) is 33.7 Å². The molecule has 0 fully saturated rings. The first kappa shape index (κ1) is 19.5. The van der Waals surface area contributed by atoms with E-state index >= 15 is 0 Å². The molecule has 0 amide bonds. The zero-order valence-corrected chi connectivity index (χ0v) is 17.1. The highest BCUT2D eigenvalue weighted by Gasteiger charge is 2.09. The SMILES string of the molecule is COc1ccc(CCNC(=S)N(C)Cc2cc(Br)ccc2OC)cc1. The van der Waals surface area contributed by atoms with E-state index in [-0.39, 0.29) is 0 Å². The van der Waals surface area contributed by atoms with E-state index in [1.807, 2.05) is 36.2 Å². The van der Waals surface area contributed by atoms with Crippen LogP contribution in [-0.2, 0) is 13.0 Å². The zero-order chi connectivity index (χ0) is 18.2. The Morgan fingerprint density at radius 3 is 2.48 bits per heavy atom. The minimum absolute atomic E-state index is 0.678. The normalized spacial score (nSPS) is 10.2. The van der Waals surface area contributed by atoms with Crippen molar-refractivity contribution < 1.29 is 9.47 Å². The van der Waals surface area contributed by atoms with E-state index in [0.29, 0.717) is 6.54 Å². The molecule has 0 atom stereocenters. The van der Waals surface area contributed by atoms with Gasteiger partial charge in [0.05, 0.1) is 14.2 Å². The number of thiocarbonyl (C=S) groups is 1. The molecule has 134 valence electrons. The Labute approximate surface area is 163 Å². The van der Waals surface area contributed by atoms with Crippen LogP contribution in [0.5, 0.6) is 11.5 Å². The van der Waals surface area contributed by atoms with Gasteiger partial charge in [0, 0.05) is 30.2 Å². The molecule has 1 N–H and O–H groups in total. The van der Waals surface area contributed by atoms with Crippen LogP contribution in [0.2, 0.25) is 0 Å². The molecule has 2 aromatic rings. The number of nitrogens with one attached hydrogen (secondary N) is 1. The standard InChI is InChI=1S/C19H23BrN2O2S/c1-22(13-15-12-16(20)6-9-18(15)24-3)19(25)21-11-10-14-4-7-17(23-2)8-5-14/h4-9,12H,10-11,13H2,1-3H3,(H,21,25). The summed E-state index contributed by atoms with van der Waals surface area (Å²) in [4.78, 5) is 2.01. The van der Waals surface area contributed by atoms with Crippen LogP contribution in [0.15, 0.2) is 46.9 Å². The second-order valence-corrected chi connectivity index (χ2v) is 6.94. The van der Waals surface area contributed by atoms with Gasteiger partial charge in [0.15, 0.2) is 5.11 Å². The molecule has 2 rings (SSSR count). The first-order valence-corrected chi connectivity index (χ1v) is 9.18. The Balaban J connectivity index is 1.84. The molecule has 0 aliphatic heterocycles. The summed E-state index contributed by atoms with van der Waals surface area (Å²) in [5.74, 6) is 1.73. The van der Waals surface area contributed by atoms with E-state index in [2.05, 4.69) is 39.4 Å². The minimum atomic E-state index is 0.678. The molecule has 0 bridgehead atoms. The number of rotatable bonds is 7. The smallest absolute Gasteiger partial charge is 0.168 e. The van der Waals surface area contributed by atoms with Gasteiger partial charge in [0.25, 0.3) is 0 Å². The number of hydrogen-bond acceptors (Lipinski definition) is 3. The van der Waals surface area contributed by atoms with E-state index in [1.165, 1.54) is 5.56 Å². The van der Waals surface area contributed by atoms with Crippen LogP contribution in [-0.4, -0.2) is 37.8 Å². The maximum atomic E-state index is 5.49. The fourth-order valence-electron chi connectivity index (χ4n) is 2.44. The molecule has 0 heterocycles. The van der Waals surface area contributed by atoms with E-state index < -0.39 is 0 Å². The van der Waals surface area contributed by atoms with Crippen molar-refractivity contribution in [1.29, 1.82) is 0 Å². The molecule has 0 saturated carbocycles. The molecular weight excluding hydrogens is 400 g/mol. The molecular formula is C19H23BrN2O2S. The molecule has 0 aromatic heterocycles. The lowest BCUT2D eigenvalue weighted by atomic mass is 10.1. The Morgan fingerprint density at radius 1 is 1.12 bits per heavy atom. The zero-order valence-electron chi connectivity index (χ0n) is 14.7. The highest BCUT2D eigenvalue weighted by molar-refractivity contribution is 9.10. The summed E-state index contributed by atoms with van der Waals surface area (Å²) < 4.78 is 11.6. The first-order valence-electron chi connectivity index (χ1n) is 7.97. The van der Waals surface area contributed by atoms with Gasteiger partial charge in [-0.25, -0.2) is 0 Å². The second kappa shape index (κ2) is 9.63. The van der Waals surface area contributed by atoms with Crippen LogP contribution >= 0.6 is 28.1 Å². The van der Waals surface area contributed by atoms with E-state index in [9.17, 15) is 0 Å². The number of hydrogen-bond donors (Lipinski definition) is 1. The van der Waals surface area contributed by atoms with Gasteiger partial charge in [-0.15, -0.1) is 0 Å². The number of benzene rings is 2. The highest BCUT2D eigenvalue weighted by atomic mass is 79.9. The Bertz CT molecular complexity index is 707. The van der Waals surface area contributed by atoms with Crippen molar-refractivity contribution in [3.8, 4) is 11.5 Å². The number of methoxy groups -OCH3 is 2. The largest absolute Gasteiger partial charge is 0.497 e. The molecule has 0 saturated heterocycles. The van der Waals surface area contributed by atoms with Gasteiger partial charge in [-0.05, 0) is 54.5 Å². The molecule has 2 aromatic carbocycles. The summed E-state index contributed by atoms with van der Waals surface area (Å²) in [6, 6.07) is 14.0. The van der Waals surface area contributed by atoms with Crippen LogP contribution < -0.4 is 14.8 Å². The van der Waals surface area contributed by atoms with Crippen molar-refractivity contribution in [2.24, 2.45) is 0 Å². The lowest BCUT2D eigenvalue weighted by molar-refractivity contribution is 0.397. The van der Waals surface area contributed by atoms with E-state index in [4.69, 9.17) is 21.7 Å². The van der Waals surface area contributed by atoms with Gasteiger partial charge in [-0.2, -0.15) is 0 Å². The van der Waals surface area contributed by atoms with Gasteiger partial charge in [0.2, 0.25) is 0 Å².